The third-order valence-electron chi connectivity index (χ3n) is 3.10. The molecule has 6 nitrogen and oxygen atoms in total. The highest BCUT2D eigenvalue weighted by molar-refractivity contribution is 6.20. The van der Waals surface area contributed by atoms with Crippen molar-refractivity contribution in [2.24, 2.45) is 0 Å². The average molecular weight is 276 g/mol. The third-order valence-corrected chi connectivity index (χ3v) is 3.10. The van der Waals surface area contributed by atoms with Gasteiger partial charge in [0.1, 0.15) is 12.6 Å². The molecular weight excluding hydrogens is 260 g/mol. The van der Waals surface area contributed by atoms with E-state index in [0.717, 1.165) is 4.90 Å². The first-order chi connectivity index (χ1) is 9.56. The first kappa shape index (κ1) is 14.0. The van der Waals surface area contributed by atoms with E-state index in [4.69, 9.17) is 4.74 Å². The van der Waals surface area contributed by atoms with Crippen LogP contribution in [0.2, 0.25) is 0 Å². The number of hydrogen-bond donors (Lipinski definition) is 0. The molecule has 0 bridgehead atoms. The molecule has 106 valence electrons. The number of hydrogen-bond acceptors (Lipinski definition) is 4. The monoisotopic (exact) mass is 276 g/mol. The van der Waals surface area contributed by atoms with Crippen LogP contribution < -0.4 is 4.90 Å². The highest BCUT2D eigenvalue weighted by Crippen LogP contribution is 2.22. The van der Waals surface area contributed by atoms with Gasteiger partial charge in [-0.15, -0.1) is 0 Å². The minimum atomic E-state index is -0.778. The molecule has 20 heavy (non-hydrogen) atoms. The number of imide groups is 1. The van der Waals surface area contributed by atoms with E-state index in [2.05, 4.69) is 0 Å². The van der Waals surface area contributed by atoms with Crippen LogP contribution in [0.15, 0.2) is 30.3 Å². The summed E-state index contributed by atoms with van der Waals surface area (Å²) in [5.74, 6) is -0.860. The van der Waals surface area contributed by atoms with E-state index in [9.17, 15) is 14.4 Å². The molecule has 6 heteroatoms. The predicted molar refractivity (Wildman–Crippen MR) is 72.1 cm³/mol. The van der Waals surface area contributed by atoms with Gasteiger partial charge >= 0.3 is 12.0 Å². The fourth-order valence-electron chi connectivity index (χ4n) is 2.04. The van der Waals surface area contributed by atoms with E-state index >= 15 is 0 Å². The van der Waals surface area contributed by atoms with Gasteiger partial charge in [0.15, 0.2) is 0 Å². The summed E-state index contributed by atoms with van der Waals surface area (Å²) in [6, 6.07) is 7.36. The molecule has 0 unspecified atom stereocenters. The number of anilines is 1. The Morgan fingerprint density at radius 2 is 1.95 bits per heavy atom. The van der Waals surface area contributed by atoms with Crippen molar-refractivity contribution in [1.82, 2.24) is 4.90 Å². The van der Waals surface area contributed by atoms with Gasteiger partial charge in [-0.1, -0.05) is 18.2 Å². The van der Waals surface area contributed by atoms with Crippen molar-refractivity contribution < 1.29 is 19.1 Å². The van der Waals surface area contributed by atoms with Crippen LogP contribution in [-0.2, 0) is 14.3 Å². The number of carbonyl (C=O) groups excluding carboxylic acids is 3. The van der Waals surface area contributed by atoms with Crippen LogP contribution in [0.4, 0.5) is 10.5 Å². The third kappa shape index (κ3) is 2.49. The van der Waals surface area contributed by atoms with Gasteiger partial charge in [-0.25, -0.2) is 14.5 Å². The Labute approximate surface area is 116 Å². The number of amides is 3. The molecule has 1 saturated heterocycles. The molecule has 1 aliphatic heterocycles. The van der Waals surface area contributed by atoms with E-state index in [1.54, 1.807) is 44.2 Å². The molecule has 0 N–H and O–H groups in total. The van der Waals surface area contributed by atoms with Crippen molar-refractivity contribution in [3.8, 4) is 0 Å². The molecule has 1 aliphatic rings. The summed E-state index contributed by atoms with van der Waals surface area (Å²) >= 11 is 0. The summed E-state index contributed by atoms with van der Waals surface area (Å²) in [5.41, 5.74) is 0.501. The van der Waals surface area contributed by atoms with Crippen LogP contribution in [0.5, 0.6) is 0 Å². The summed E-state index contributed by atoms with van der Waals surface area (Å²) in [4.78, 5) is 38.3. The molecule has 0 aromatic heterocycles. The average Bonchev–Trinajstić information content (AvgIpc) is 2.74. The zero-order chi connectivity index (χ0) is 14.7. The molecule has 1 heterocycles. The minimum absolute atomic E-state index is 0.117. The molecule has 1 aromatic rings. The highest BCUT2D eigenvalue weighted by Gasteiger charge is 2.41. The van der Waals surface area contributed by atoms with Crippen molar-refractivity contribution in [3.63, 3.8) is 0 Å². The maximum Gasteiger partial charge on any atom is 0.332 e. The van der Waals surface area contributed by atoms with Gasteiger partial charge in [0.05, 0.1) is 12.3 Å². The lowest BCUT2D eigenvalue weighted by molar-refractivity contribution is -0.147. The van der Waals surface area contributed by atoms with Crippen LogP contribution in [0.1, 0.15) is 13.8 Å². The fourth-order valence-corrected chi connectivity index (χ4v) is 2.04. The van der Waals surface area contributed by atoms with Gasteiger partial charge in [-0.2, -0.15) is 0 Å². The Kier molecular flexibility index (Phi) is 4.02. The number of benzene rings is 1. The van der Waals surface area contributed by atoms with Crippen LogP contribution in [0.3, 0.4) is 0 Å². The van der Waals surface area contributed by atoms with Gasteiger partial charge in [0, 0.05) is 0 Å². The summed E-state index contributed by atoms with van der Waals surface area (Å²) in [6.07, 6.45) is 0. The SMILES string of the molecule is CCOC(=O)[C@H](C)N1CC(=O)N(c2ccccc2)C1=O. The summed E-state index contributed by atoms with van der Waals surface area (Å²) < 4.78 is 4.88. The van der Waals surface area contributed by atoms with Crippen molar-refractivity contribution >= 4 is 23.6 Å². The van der Waals surface area contributed by atoms with Crippen LogP contribution in [0.25, 0.3) is 0 Å². The summed E-state index contributed by atoms with van der Waals surface area (Å²) in [6.45, 7) is 3.37. The molecule has 1 atom stereocenters. The Morgan fingerprint density at radius 1 is 1.30 bits per heavy atom. The lowest BCUT2D eigenvalue weighted by Gasteiger charge is -2.22. The predicted octanol–water partition coefficient (Wildman–Crippen LogP) is 1.41. The smallest absolute Gasteiger partial charge is 0.332 e. The lowest BCUT2D eigenvalue weighted by atomic mass is 10.3. The number of urea groups is 1. The second-order valence-corrected chi connectivity index (χ2v) is 4.40. The number of rotatable bonds is 4. The number of ether oxygens (including phenoxy) is 1. The fraction of sp³-hybridized carbons (Fsp3) is 0.357. The molecule has 1 aromatic carbocycles. The highest BCUT2D eigenvalue weighted by atomic mass is 16.5. The summed E-state index contributed by atoms with van der Waals surface area (Å²) in [7, 11) is 0. The largest absolute Gasteiger partial charge is 0.464 e. The normalized spacial score (nSPS) is 16.5. The van der Waals surface area contributed by atoms with Gasteiger partial charge in [-0.3, -0.25) is 4.79 Å². The summed E-state index contributed by atoms with van der Waals surface area (Å²) in [5, 5.41) is 0. The second kappa shape index (κ2) is 5.73. The van der Waals surface area contributed by atoms with Crippen LogP contribution in [0, 0.1) is 0 Å². The van der Waals surface area contributed by atoms with E-state index in [0.29, 0.717) is 5.69 Å². The Hall–Kier alpha value is -2.37. The van der Waals surface area contributed by atoms with Crippen molar-refractivity contribution in [2.45, 2.75) is 19.9 Å². The molecule has 1 fully saturated rings. The maximum absolute atomic E-state index is 12.3. The number of esters is 1. The molecule has 3 amide bonds. The molecule has 0 aliphatic carbocycles. The second-order valence-electron chi connectivity index (χ2n) is 4.40. The topological polar surface area (TPSA) is 66.9 Å². The van der Waals surface area contributed by atoms with Crippen LogP contribution >= 0.6 is 0 Å². The van der Waals surface area contributed by atoms with E-state index in [-0.39, 0.29) is 19.1 Å². The molecular formula is C14H16N2O4. The first-order valence-corrected chi connectivity index (χ1v) is 6.41. The Balaban J connectivity index is 2.19. The number of carbonyl (C=O) groups is 3. The van der Waals surface area contributed by atoms with Gasteiger partial charge in [-0.05, 0) is 26.0 Å². The zero-order valence-electron chi connectivity index (χ0n) is 11.4. The first-order valence-electron chi connectivity index (χ1n) is 6.41. The van der Waals surface area contributed by atoms with E-state index < -0.39 is 18.0 Å². The van der Waals surface area contributed by atoms with Crippen LogP contribution in [-0.4, -0.2) is 42.0 Å². The van der Waals surface area contributed by atoms with E-state index in [1.807, 2.05) is 0 Å². The quantitative estimate of drug-likeness (QED) is 0.616. The minimum Gasteiger partial charge on any atom is -0.464 e. The standard InChI is InChI=1S/C14H16N2O4/c1-3-20-13(18)10(2)15-9-12(17)16(14(15)19)11-7-5-4-6-8-11/h4-8,10H,3,9H2,1-2H3/t10-/m0/s1. The maximum atomic E-state index is 12.3. The Bertz CT molecular complexity index is 529. The van der Waals surface area contributed by atoms with Crippen molar-refractivity contribution in [1.29, 1.82) is 0 Å². The van der Waals surface area contributed by atoms with E-state index in [1.165, 1.54) is 4.90 Å². The molecule has 0 radical (unpaired) electrons. The molecule has 0 saturated carbocycles. The Morgan fingerprint density at radius 3 is 2.55 bits per heavy atom. The van der Waals surface area contributed by atoms with Gasteiger partial charge in [0.2, 0.25) is 0 Å². The van der Waals surface area contributed by atoms with Crippen molar-refractivity contribution in [2.75, 3.05) is 18.1 Å². The molecule has 0 spiro atoms. The van der Waals surface area contributed by atoms with Gasteiger partial charge < -0.3 is 9.64 Å². The lowest BCUT2D eigenvalue weighted by Crippen LogP contribution is -2.43. The number of para-hydroxylation sites is 1. The molecule has 2 rings (SSSR count). The zero-order valence-corrected chi connectivity index (χ0v) is 11.4. The van der Waals surface area contributed by atoms with Gasteiger partial charge in [0.25, 0.3) is 5.91 Å². The number of nitrogens with zero attached hydrogens (tertiary/aromatic N) is 2. The van der Waals surface area contributed by atoms with Crippen molar-refractivity contribution in [3.05, 3.63) is 30.3 Å².